The highest BCUT2D eigenvalue weighted by atomic mass is 32.2. The summed E-state index contributed by atoms with van der Waals surface area (Å²) in [5, 5.41) is 0. The average molecular weight is 419 g/mol. The van der Waals surface area contributed by atoms with Gasteiger partial charge in [-0.25, -0.2) is 22.4 Å². The molecule has 2 heterocycles. The van der Waals surface area contributed by atoms with Crippen molar-refractivity contribution < 1.29 is 30.4 Å². The van der Waals surface area contributed by atoms with E-state index in [0.29, 0.717) is 0 Å². The molecule has 1 unspecified atom stereocenters. The lowest BCUT2D eigenvalue weighted by atomic mass is 10.0. The second-order valence-corrected chi connectivity index (χ2v) is 8.64. The monoisotopic (exact) mass is 419 g/mol. The summed E-state index contributed by atoms with van der Waals surface area (Å²) < 4.78 is 93.2. The van der Waals surface area contributed by atoms with Crippen molar-refractivity contribution in [1.29, 1.82) is 0 Å². The first-order valence-electron chi connectivity index (χ1n) is 8.25. The van der Waals surface area contributed by atoms with Crippen LogP contribution in [0.25, 0.3) is 11.3 Å². The molecule has 28 heavy (non-hydrogen) atoms. The molecule has 1 aromatic heterocycles. The molecule has 150 valence electrons. The van der Waals surface area contributed by atoms with E-state index in [1.807, 2.05) is 0 Å². The summed E-state index contributed by atoms with van der Waals surface area (Å²) in [6.45, 7) is -0.410. The third kappa shape index (κ3) is 2.88. The minimum atomic E-state index is -4.61. The van der Waals surface area contributed by atoms with Crippen molar-refractivity contribution in [3.05, 3.63) is 42.0 Å². The van der Waals surface area contributed by atoms with E-state index < -0.39 is 46.8 Å². The number of hydrogen-bond acceptors (Lipinski definition) is 3. The molecule has 0 bridgehead atoms. The molecule has 2 aliphatic rings. The van der Waals surface area contributed by atoms with E-state index in [9.17, 15) is 30.4 Å². The van der Waals surface area contributed by atoms with Gasteiger partial charge >= 0.3 is 16.4 Å². The Morgan fingerprint density at radius 2 is 1.82 bits per heavy atom. The van der Waals surface area contributed by atoms with Crippen LogP contribution in [0.4, 0.5) is 33.5 Å². The summed E-state index contributed by atoms with van der Waals surface area (Å²) >= 11 is 0. The van der Waals surface area contributed by atoms with Gasteiger partial charge in [0, 0.05) is 31.5 Å². The maximum Gasteiger partial charge on any atom is 0.417 e. The highest BCUT2D eigenvalue weighted by Gasteiger charge is 2.59. The fraction of sp³-hybridized carbons (Fsp3) is 0.353. The number of aromatic nitrogens is 1. The van der Waals surface area contributed by atoms with Crippen LogP contribution in [0.3, 0.4) is 0 Å². The van der Waals surface area contributed by atoms with Crippen LogP contribution >= 0.6 is 0 Å². The van der Waals surface area contributed by atoms with Gasteiger partial charge in [0.15, 0.2) is 5.82 Å². The number of pyridine rings is 1. The van der Waals surface area contributed by atoms with Gasteiger partial charge in [0.05, 0.1) is 16.9 Å². The van der Waals surface area contributed by atoms with Crippen LogP contribution in [0.1, 0.15) is 12.0 Å². The first-order chi connectivity index (χ1) is 12.9. The van der Waals surface area contributed by atoms with E-state index in [1.165, 1.54) is 37.4 Å². The van der Waals surface area contributed by atoms with Crippen LogP contribution in [-0.2, 0) is 16.4 Å². The summed E-state index contributed by atoms with van der Waals surface area (Å²) in [6.07, 6.45) is -5.01. The van der Waals surface area contributed by atoms with Crippen LogP contribution in [0, 0.1) is 5.92 Å². The van der Waals surface area contributed by atoms with Gasteiger partial charge < -0.3 is 0 Å². The third-order valence-electron chi connectivity index (χ3n) is 4.90. The van der Waals surface area contributed by atoms with Crippen LogP contribution in [0.2, 0.25) is 0 Å². The molecule has 5 nitrogen and oxygen atoms in total. The highest BCUT2D eigenvalue weighted by molar-refractivity contribution is 7.94. The Morgan fingerprint density at radius 1 is 1.18 bits per heavy atom. The molecular formula is C17H14F5N3O2S. The SMILES string of the molecule is CN1c2nc(-c3ccccc3C(F)(F)F)ccc2N(CC2CC2(F)F)S1(=O)=O. The van der Waals surface area contributed by atoms with Crippen molar-refractivity contribution in [2.45, 2.75) is 18.5 Å². The van der Waals surface area contributed by atoms with Crippen LogP contribution < -0.4 is 8.61 Å². The van der Waals surface area contributed by atoms with Crippen molar-refractivity contribution in [2.24, 2.45) is 5.92 Å². The van der Waals surface area contributed by atoms with Crippen molar-refractivity contribution >= 4 is 21.7 Å². The number of nitrogens with zero attached hydrogens (tertiary/aromatic N) is 3. The fourth-order valence-electron chi connectivity index (χ4n) is 3.21. The molecule has 0 spiro atoms. The maximum absolute atomic E-state index is 13.3. The Hall–Kier alpha value is -2.43. The van der Waals surface area contributed by atoms with E-state index in [0.717, 1.165) is 14.7 Å². The molecule has 1 aromatic carbocycles. The van der Waals surface area contributed by atoms with Gasteiger partial charge in [-0.15, -0.1) is 0 Å². The molecule has 0 saturated heterocycles. The molecule has 2 aromatic rings. The van der Waals surface area contributed by atoms with E-state index in [1.54, 1.807) is 0 Å². The molecule has 1 atom stereocenters. The zero-order chi connectivity index (χ0) is 20.5. The molecule has 0 radical (unpaired) electrons. The molecule has 1 saturated carbocycles. The van der Waals surface area contributed by atoms with Gasteiger partial charge in [0.25, 0.3) is 5.92 Å². The van der Waals surface area contributed by atoms with E-state index in [-0.39, 0.29) is 22.8 Å². The van der Waals surface area contributed by atoms with Gasteiger partial charge in [-0.2, -0.15) is 21.6 Å². The van der Waals surface area contributed by atoms with Crippen LogP contribution in [0.15, 0.2) is 36.4 Å². The lowest BCUT2D eigenvalue weighted by Crippen LogP contribution is -2.37. The first kappa shape index (κ1) is 18.9. The summed E-state index contributed by atoms with van der Waals surface area (Å²) in [6, 6.07) is 7.37. The Labute approximate surface area is 157 Å². The van der Waals surface area contributed by atoms with E-state index in [4.69, 9.17) is 0 Å². The Kier molecular flexibility index (Phi) is 3.91. The number of fused-ring (bicyclic) bond motifs is 1. The normalized spacial score (nSPS) is 22.3. The molecule has 1 fully saturated rings. The topological polar surface area (TPSA) is 53.5 Å². The summed E-state index contributed by atoms with van der Waals surface area (Å²) in [5.74, 6) is -4.10. The number of halogens is 5. The Morgan fingerprint density at radius 3 is 2.43 bits per heavy atom. The average Bonchev–Trinajstić information content (AvgIpc) is 3.18. The first-order valence-corrected chi connectivity index (χ1v) is 9.64. The minimum Gasteiger partial charge on any atom is -0.249 e. The smallest absolute Gasteiger partial charge is 0.249 e. The number of alkyl halides is 5. The third-order valence-corrected chi connectivity index (χ3v) is 6.66. The number of rotatable bonds is 3. The zero-order valence-corrected chi connectivity index (χ0v) is 15.2. The number of benzene rings is 1. The second kappa shape index (κ2) is 5.79. The molecule has 0 N–H and O–H groups in total. The van der Waals surface area contributed by atoms with E-state index >= 15 is 0 Å². The minimum absolute atomic E-state index is 0.0627. The molecule has 0 amide bonds. The Balaban J connectivity index is 1.78. The number of hydrogen-bond donors (Lipinski definition) is 0. The molecule has 1 aliphatic heterocycles. The molecule has 1 aliphatic carbocycles. The highest BCUT2D eigenvalue weighted by Crippen LogP contribution is 2.51. The van der Waals surface area contributed by atoms with E-state index in [2.05, 4.69) is 4.98 Å². The van der Waals surface area contributed by atoms with Gasteiger partial charge in [-0.05, 0) is 18.2 Å². The Bertz CT molecular complexity index is 1050. The zero-order valence-electron chi connectivity index (χ0n) is 14.4. The standard InChI is InChI=1S/C17H14F5N3O2S/c1-24-15-14(25(28(24,26)27)9-10-8-16(10,18)19)7-6-13(23-15)11-4-2-3-5-12(11)17(20,21)22/h2-7,10H,8-9H2,1H3. The summed E-state index contributed by atoms with van der Waals surface area (Å²) in [7, 11) is -2.93. The number of anilines is 2. The molecular weight excluding hydrogens is 405 g/mol. The van der Waals surface area contributed by atoms with Crippen molar-refractivity contribution in [3.63, 3.8) is 0 Å². The summed E-state index contributed by atoms with van der Waals surface area (Å²) in [5.41, 5.74) is -1.10. The largest absolute Gasteiger partial charge is 0.417 e. The summed E-state index contributed by atoms with van der Waals surface area (Å²) in [4.78, 5) is 4.11. The van der Waals surface area contributed by atoms with Gasteiger partial charge in [-0.3, -0.25) is 0 Å². The quantitative estimate of drug-likeness (QED) is 0.709. The van der Waals surface area contributed by atoms with Gasteiger partial charge in [0.1, 0.15) is 0 Å². The van der Waals surface area contributed by atoms with Crippen molar-refractivity contribution in [1.82, 2.24) is 4.98 Å². The maximum atomic E-state index is 13.3. The fourth-order valence-corrected chi connectivity index (χ4v) is 4.62. The van der Waals surface area contributed by atoms with Crippen LogP contribution in [0.5, 0.6) is 0 Å². The molecule has 11 heteroatoms. The van der Waals surface area contributed by atoms with Gasteiger partial charge in [-0.1, -0.05) is 18.2 Å². The lowest BCUT2D eigenvalue weighted by Gasteiger charge is -2.18. The lowest BCUT2D eigenvalue weighted by molar-refractivity contribution is -0.137. The van der Waals surface area contributed by atoms with Crippen molar-refractivity contribution in [3.8, 4) is 11.3 Å². The van der Waals surface area contributed by atoms with Crippen LogP contribution in [-0.4, -0.2) is 32.9 Å². The molecule has 4 rings (SSSR count). The van der Waals surface area contributed by atoms with Crippen molar-refractivity contribution in [2.75, 3.05) is 22.2 Å². The predicted octanol–water partition coefficient (Wildman–Crippen LogP) is 3.92. The predicted molar refractivity (Wildman–Crippen MR) is 92.4 cm³/mol. The van der Waals surface area contributed by atoms with Gasteiger partial charge in [0.2, 0.25) is 0 Å². The second-order valence-electron chi connectivity index (χ2n) is 6.75.